The normalized spacial score (nSPS) is 18.9. The summed E-state index contributed by atoms with van der Waals surface area (Å²) < 4.78 is 10.8. The predicted octanol–water partition coefficient (Wildman–Crippen LogP) is 3.07. The van der Waals surface area contributed by atoms with Crippen LogP contribution in [0.5, 0.6) is 5.75 Å². The van der Waals surface area contributed by atoms with Gasteiger partial charge in [0.05, 0.1) is 6.54 Å². The molecule has 1 aromatic heterocycles. The Labute approximate surface area is 177 Å². The van der Waals surface area contributed by atoms with Gasteiger partial charge in [-0.05, 0) is 57.4 Å². The second-order valence-corrected chi connectivity index (χ2v) is 7.86. The number of aromatic nitrogens is 2. The topological polar surface area (TPSA) is 88.8 Å². The van der Waals surface area contributed by atoms with E-state index in [-0.39, 0.29) is 37.0 Å². The number of carbonyl (C=O) groups is 2. The van der Waals surface area contributed by atoms with Crippen LogP contribution >= 0.6 is 0 Å². The van der Waals surface area contributed by atoms with Crippen LogP contribution in [0.15, 0.2) is 28.8 Å². The highest BCUT2D eigenvalue weighted by molar-refractivity contribution is 5.94. The summed E-state index contributed by atoms with van der Waals surface area (Å²) in [5.74, 6) is 1.42. The third-order valence-electron chi connectivity index (χ3n) is 5.49. The van der Waals surface area contributed by atoms with Crippen LogP contribution in [0, 0.1) is 0 Å². The Morgan fingerprint density at radius 3 is 2.47 bits per heavy atom. The molecule has 2 aromatic rings. The van der Waals surface area contributed by atoms with E-state index < -0.39 is 0 Å². The van der Waals surface area contributed by atoms with Crippen molar-refractivity contribution in [3.05, 3.63) is 41.5 Å². The van der Waals surface area contributed by atoms with Gasteiger partial charge < -0.3 is 19.1 Å². The van der Waals surface area contributed by atoms with Crippen molar-refractivity contribution >= 4 is 11.8 Å². The van der Waals surface area contributed by atoms with Gasteiger partial charge in [0.2, 0.25) is 5.89 Å². The number of rotatable bonds is 7. The number of aryl methyl sites for hydroxylation is 1. The van der Waals surface area contributed by atoms with Crippen LogP contribution in [-0.2, 0) is 17.8 Å². The van der Waals surface area contributed by atoms with Gasteiger partial charge in [0.1, 0.15) is 5.75 Å². The molecule has 0 aliphatic carbocycles. The van der Waals surface area contributed by atoms with Gasteiger partial charge in [-0.15, -0.1) is 0 Å². The van der Waals surface area contributed by atoms with E-state index in [1.54, 1.807) is 31.3 Å². The molecule has 30 heavy (non-hydrogen) atoms. The number of benzene rings is 1. The summed E-state index contributed by atoms with van der Waals surface area (Å²) >= 11 is 0. The molecular formula is C22H30N4O4. The van der Waals surface area contributed by atoms with E-state index in [9.17, 15) is 9.59 Å². The van der Waals surface area contributed by atoms with Crippen LogP contribution in [0.4, 0.5) is 0 Å². The van der Waals surface area contributed by atoms with Gasteiger partial charge in [-0.1, -0.05) is 12.1 Å². The van der Waals surface area contributed by atoms with Gasteiger partial charge in [-0.3, -0.25) is 9.59 Å². The van der Waals surface area contributed by atoms with Crippen molar-refractivity contribution in [3.8, 4) is 5.75 Å². The lowest BCUT2D eigenvalue weighted by atomic mass is 9.97. The molecule has 1 aliphatic heterocycles. The molecule has 162 valence electrons. The number of hydrogen-bond donors (Lipinski definition) is 0. The first-order valence-corrected chi connectivity index (χ1v) is 10.5. The maximum absolute atomic E-state index is 12.6. The molecule has 1 aromatic carbocycles. The van der Waals surface area contributed by atoms with Crippen molar-refractivity contribution in [1.29, 1.82) is 0 Å². The van der Waals surface area contributed by atoms with Crippen LogP contribution in [0.25, 0.3) is 0 Å². The van der Waals surface area contributed by atoms with Crippen molar-refractivity contribution in [3.63, 3.8) is 0 Å². The monoisotopic (exact) mass is 414 g/mol. The van der Waals surface area contributed by atoms with Gasteiger partial charge in [-0.25, -0.2) is 0 Å². The molecule has 0 bridgehead atoms. The summed E-state index contributed by atoms with van der Waals surface area (Å²) in [5.41, 5.74) is 0.518. The lowest BCUT2D eigenvalue weighted by Crippen LogP contribution is -2.49. The number of carbonyl (C=O) groups excluding carboxylic acids is 2. The average molecular weight is 415 g/mol. The molecule has 0 N–H and O–H groups in total. The lowest BCUT2D eigenvalue weighted by Gasteiger charge is -2.38. The Hall–Kier alpha value is -2.90. The third kappa shape index (κ3) is 5.17. The predicted molar refractivity (Wildman–Crippen MR) is 111 cm³/mol. The molecule has 8 heteroatoms. The maximum atomic E-state index is 12.6. The minimum atomic E-state index is -0.162. The molecule has 1 fully saturated rings. The van der Waals surface area contributed by atoms with Crippen molar-refractivity contribution in [2.75, 3.05) is 13.7 Å². The summed E-state index contributed by atoms with van der Waals surface area (Å²) in [6, 6.07) is 7.28. The highest BCUT2D eigenvalue weighted by Crippen LogP contribution is 2.23. The number of nitrogens with zero attached hydrogens (tertiary/aromatic N) is 4. The Balaban J connectivity index is 1.53. The molecule has 2 unspecified atom stereocenters. The van der Waals surface area contributed by atoms with E-state index in [1.807, 2.05) is 11.8 Å². The van der Waals surface area contributed by atoms with Crippen LogP contribution in [0.1, 0.15) is 62.1 Å². The fourth-order valence-electron chi connectivity index (χ4n) is 3.82. The first-order chi connectivity index (χ1) is 14.4. The first kappa shape index (κ1) is 21.8. The van der Waals surface area contributed by atoms with E-state index >= 15 is 0 Å². The maximum Gasteiger partial charge on any atom is 0.260 e. The van der Waals surface area contributed by atoms with Gasteiger partial charge in [0, 0.05) is 31.1 Å². The molecule has 0 saturated carbocycles. The van der Waals surface area contributed by atoms with E-state index in [0.29, 0.717) is 29.4 Å². The molecule has 2 heterocycles. The van der Waals surface area contributed by atoms with E-state index in [4.69, 9.17) is 9.26 Å². The van der Waals surface area contributed by atoms with Crippen LogP contribution in [0.2, 0.25) is 0 Å². The first-order valence-electron chi connectivity index (χ1n) is 10.5. The number of ether oxygens (including phenoxy) is 1. The van der Waals surface area contributed by atoms with Crippen molar-refractivity contribution in [1.82, 2.24) is 19.9 Å². The Kier molecular flexibility index (Phi) is 7.07. The molecule has 3 rings (SSSR count). The molecular weight excluding hydrogens is 384 g/mol. The Morgan fingerprint density at radius 2 is 1.87 bits per heavy atom. The highest BCUT2D eigenvalue weighted by atomic mass is 16.5. The molecule has 2 amide bonds. The molecule has 0 radical (unpaired) electrons. The van der Waals surface area contributed by atoms with Crippen molar-refractivity contribution < 1.29 is 18.8 Å². The Morgan fingerprint density at radius 1 is 1.20 bits per heavy atom. The number of hydrogen-bond acceptors (Lipinski definition) is 6. The highest BCUT2D eigenvalue weighted by Gasteiger charge is 2.29. The van der Waals surface area contributed by atoms with Gasteiger partial charge in [0.15, 0.2) is 12.4 Å². The Bertz CT molecular complexity index is 854. The lowest BCUT2D eigenvalue weighted by molar-refractivity contribution is -0.139. The molecule has 1 saturated heterocycles. The van der Waals surface area contributed by atoms with Crippen LogP contribution in [-0.4, -0.2) is 57.5 Å². The molecule has 2 atom stereocenters. The zero-order valence-electron chi connectivity index (χ0n) is 18.1. The summed E-state index contributed by atoms with van der Waals surface area (Å²) in [4.78, 5) is 32.9. The summed E-state index contributed by atoms with van der Waals surface area (Å²) in [6.45, 7) is 6.35. The third-order valence-corrected chi connectivity index (χ3v) is 5.49. The second kappa shape index (κ2) is 9.73. The molecule has 1 aliphatic rings. The quantitative estimate of drug-likeness (QED) is 0.692. The van der Waals surface area contributed by atoms with E-state index in [0.717, 1.165) is 19.3 Å². The van der Waals surface area contributed by atoms with Crippen LogP contribution < -0.4 is 4.74 Å². The zero-order chi connectivity index (χ0) is 21.7. The number of likely N-dealkylation sites (tertiary alicyclic amines) is 1. The largest absolute Gasteiger partial charge is 0.484 e. The summed E-state index contributed by atoms with van der Waals surface area (Å²) in [7, 11) is 1.68. The summed E-state index contributed by atoms with van der Waals surface area (Å²) in [6.07, 6.45) is 3.90. The van der Waals surface area contributed by atoms with Crippen LogP contribution in [0.3, 0.4) is 0 Å². The van der Waals surface area contributed by atoms with Crippen molar-refractivity contribution in [2.45, 2.75) is 65.1 Å². The standard InChI is InChI=1S/C22H30N4O4/c1-5-19-23-20(30-24-19)13-25(4)22(28)17-9-11-18(12-10-17)29-14-21(27)26-15(2)7-6-8-16(26)3/h9-12,15-16H,5-8,13-14H2,1-4H3. The molecule has 8 nitrogen and oxygen atoms in total. The van der Waals surface area contributed by atoms with E-state index in [1.165, 1.54) is 4.90 Å². The summed E-state index contributed by atoms with van der Waals surface area (Å²) in [5, 5.41) is 3.84. The van der Waals surface area contributed by atoms with Crippen molar-refractivity contribution in [2.24, 2.45) is 0 Å². The van der Waals surface area contributed by atoms with Gasteiger partial charge in [0.25, 0.3) is 11.8 Å². The SMILES string of the molecule is CCc1noc(CN(C)C(=O)c2ccc(OCC(=O)N3C(C)CCCC3C)cc2)n1. The number of piperidine rings is 1. The van der Waals surface area contributed by atoms with E-state index in [2.05, 4.69) is 24.0 Å². The minimum Gasteiger partial charge on any atom is -0.484 e. The average Bonchev–Trinajstić information content (AvgIpc) is 3.19. The minimum absolute atomic E-state index is 0.000548. The van der Waals surface area contributed by atoms with Gasteiger partial charge >= 0.3 is 0 Å². The number of amides is 2. The molecule has 0 spiro atoms. The fourth-order valence-corrected chi connectivity index (χ4v) is 3.82. The smallest absolute Gasteiger partial charge is 0.260 e. The van der Waals surface area contributed by atoms with Gasteiger partial charge in [-0.2, -0.15) is 4.98 Å². The zero-order valence-corrected chi connectivity index (χ0v) is 18.1. The second-order valence-electron chi connectivity index (χ2n) is 7.86. The fraction of sp³-hybridized carbons (Fsp3) is 0.545.